The predicted molar refractivity (Wildman–Crippen MR) is 108 cm³/mol. The van der Waals surface area contributed by atoms with Gasteiger partial charge < -0.3 is 15.6 Å². The van der Waals surface area contributed by atoms with Gasteiger partial charge in [0.25, 0.3) is 0 Å². The van der Waals surface area contributed by atoms with Crippen LogP contribution in [0, 0.1) is 0 Å². The first-order valence-electron chi connectivity index (χ1n) is 8.93. The van der Waals surface area contributed by atoms with Gasteiger partial charge in [-0.2, -0.15) is 0 Å². The summed E-state index contributed by atoms with van der Waals surface area (Å²) in [7, 11) is 0. The van der Waals surface area contributed by atoms with E-state index >= 15 is 0 Å². The summed E-state index contributed by atoms with van der Waals surface area (Å²) in [6, 6.07) is 15.8. The topological polar surface area (TPSA) is 56.9 Å². The molecule has 0 fully saturated rings. The molecule has 4 nitrogen and oxygen atoms in total. The zero-order valence-corrected chi connectivity index (χ0v) is 15.8. The van der Waals surface area contributed by atoms with E-state index in [2.05, 4.69) is 27.8 Å². The van der Waals surface area contributed by atoms with Gasteiger partial charge in [-0.05, 0) is 37.1 Å². The second-order valence-electron chi connectivity index (χ2n) is 6.39. The Balaban J connectivity index is 1.93. The van der Waals surface area contributed by atoms with Crippen LogP contribution in [0.15, 0.2) is 54.7 Å². The van der Waals surface area contributed by atoms with Crippen molar-refractivity contribution in [1.82, 2.24) is 15.6 Å². The van der Waals surface area contributed by atoms with E-state index in [1.165, 1.54) is 10.9 Å². The van der Waals surface area contributed by atoms with Crippen LogP contribution in [0.3, 0.4) is 0 Å². The van der Waals surface area contributed by atoms with E-state index in [0.717, 1.165) is 16.1 Å². The van der Waals surface area contributed by atoms with E-state index in [-0.39, 0.29) is 17.9 Å². The number of carbonyl (C=O) groups excluding carboxylic acids is 1. The average Bonchev–Trinajstić information content (AvgIpc) is 3.07. The second kappa shape index (κ2) is 8.39. The Morgan fingerprint density at radius 2 is 1.85 bits per heavy atom. The van der Waals surface area contributed by atoms with Crippen molar-refractivity contribution in [3.8, 4) is 0 Å². The van der Waals surface area contributed by atoms with Gasteiger partial charge in [0.15, 0.2) is 0 Å². The molecule has 0 spiro atoms. The molecule has 3 aromatic rings. The maximum Gasteiger partial charge on any atom is 0.236 e. The Kier molecular flexibility index (Phi) is 5.96. The number of H-pyrrole nitrogens is 1. The van der Waals surface area contributed by atoms with Gasteiger partial charge >= 0.3 is 0 Å². The number of aromatic amines is 1. The lowest BCUT2D eigenvalue weighted by Crippen LogP contribution is -2.43. The van der Waals surface area contributed by atoms with Crippen LogP contribution in [-0.4, -0.2) is 30.0 Å². The Morgan fingerprint density at radius 3 is 2.62 bits per heavy atom. The molecule has 2 aromatic carbocycles. The Bertz CT molecular complexity index is 890. The van der Waals surface area contributed by atoms with E-state index in [0.29, 0.717) is 13.1 Å². The number of fused-ring (bicyclic) bond motifs is 1. The highest BCUT2D eigenvalue weighted by Gasteiger charge is 2.22. The monoisotopic (exact) mass is 369 g/mol. The average molecular weight is 370 g/mol. The number of carbonyl (C=O) groups is 1. The first-order chi connectivity index (χ1) is 12.6. The maximum absolute atomic E-state index is 12.1. The van der Waals surface area contributed by atoms with Crippen molar-refractivity contribution in [1.29, 1.82) is 0 Å². The van der Waals surface area contributed by atoms with E-state index in [1.54, 1.807) is 0 Å². The van der Waals surface area contributed by atoms with Crippen molar-refractivity contribution in [2.45, 2.75) is 25.8 Å². The quantitative estimate of drug-likeness (QED) is 0.588. The molecule has 0 saturated carbocycles. The molecule has 26 heavy (non-hydrogen) atoms. The number of nitrogens with one attached hydrogen (secondary N) is 3. The van der Waals surface area contributed by atoms with Crippen LogP contribution in [-0.2, 0) is 4.79 Å². The van der Waals surface area contributed by atoms with Crippen LogP contribution in [0.1, 0.15) is 30.9 Å². The van der Waals surface area contributed by atoms with E-state index in [4.69, 9.17) is 11.6 Å². The van der Waals surface area contributed by atoms with Gasteiger partial charge in [0.2, 0.25) is 5.91 Å². The molecule has 0 saturated heterocycles. The second-order valence-corrected chi connectivity index (χ2v) is 6.80. The molecule has 0 bridgehead atoms. The summed E-state index contributed by atoms with van der Waals surface area (Å²) in [5.41, 5.74) is 3.31. The Labute approximate surface area is 158 Å². The molecule has 0 aliphatic heterocycles. The van der Waals surface area contributed by atoms with E-state index < -0.39 is 0 Å². The fourth-order valence-electron chi connectivity index (χ4n) is 3.24. The van der Waals surface area contributed by atoms with Crippen LogP contribution in [0.4, 0.5) is 0 Å². The van der Waals surface area contributed by atoms with E-state index in [9.17, 15) is 4.79 Å². The van der Waals surface area contributed by atoms with Crippen molar-refractivity contribution in [2.75, 3.05) is 13.1 Å². The SMILES string of the molecule is CCNC(=O)[C@H](C)NC[C@@H](c1ccccc1Cl)c1c[nH]c2ccccc12. The molecule has 3 N–H and O–H groups in total. The molecule has 0 aliphatic carbocycles. The molecule has 1 amide bonds. The lowest BCUT2D eigenvalue weighted by atomic mass is 9.90. The third-order valence-electron chi connectivity index (χ3n) is 4.65. The molecule has 3 rings (SSSR count). The number of aromatic nitrogens is 1. The largest absolute Gasteiger partial charge is 0.361 e. The van der Waals surface area contributed by atoms with Gasteiger partial charge in [-0.15, -0.1) is 0 Å². The van der Waals surface area contributed by atoms with Crippen LogP contribution < -0.4 is 10.6 Å². The normalized spacial score (nSPS) is 13.5. The third-order valence-corrected chi connectivity index (χ3v) is 4.99. The summed E-state index contributed by atoms with van der Waals surface area (Å²) < 4.78 is 0. The fraction of sp³-hybridized carbons (Fsp3) is 0.286. The highest BCUT2D eigenvalue weighted by Crippen LogP contribution is 2.34. The summed E-state index contributed by atoms with van der Waals surface area (Å²) in [5.74, 6) is 0.0426. The van der Waals surface area contributed by atoms with Crippen LogP contribution in [0.2, 0.25) is 5.02 Å². The summed E-state index contributed by atoms with van der Waals surface area (Å²) in [5, 5.41) is 8.12. The van der Waals surface area contributed by atoms with Gasteiger partial charge in [-0.1, -0.05) is 48.0 Å². The zero-order chi connectivity index (χ0) is 18.5. The van der Waals surface area contributed by atoms with Crippen molar-refractivity contribution >= 4 is 28.4 Å². The van der Waals surface area contributed by atoms with Crippen LogP contribution in [0.5, 0.6) is 0 Å². The number of hydrogen-bond acceptors (Lipinski definition) is 2. The Hall–Kier alpha value is -2.30. The standard InChI is InChI=1S/C21H24ClN3O/c1-3-23-21(26)14(2)24-12-17(15-8-4-6-10-19(15)22)18-13-25-20-11-7-5-9-16(18)20/h4-11,13-14,17,24-25H,3,12H2,1-2H3,(H,23,26)/t14-,17-/m0/s1. The minimum absolute atomic E-state index is 0.00401. The highest BCUT2D eigenvalue weighted by atomic mass is 35.5. The van der Waals surface area contributed by atoms with Gasteiger partial charge in [-0.3, -0.25) is 4.79 Å². The molecule has 1 aromatic heterocycles. The maximum atomic E-state index is 12.1. The van der Waals surface area contributed by atoms with Crippen molar-refractivity contribution in [2.24, 2.45) is 0 Å². The van der Waals surface area contributed by atoms with Gasteiger partial charge in [0.05, 0.1) is 6.04 Å². The summed E-state index contributed by atoms with van der Waals surface area (Å²) in [6.45, 7) is 5.04. The molecule has 0 aliphatic rings. The number of halogens is 1. The van der Waals surface area contributed by atoms with Crippen molar-refractivity contribution < 1.29 is 4.79 Å². The third kappa shape index (κ3) is 3.92. The molecule has 2 atom stereocenters. The smallest absolute Gasteiger partial charge is 0.236 e. The number of likely N-dealkylation sites (N-methyl/N-ethyl adjacent to an activating group) is 1. The van der Waals surface area contributed by atoms with Crippen molar-refractivity contribution in [3.63, 3.8) is 0 Å². The van der Waals surface area contributed by atoms with Crippen molar-refractivity contribution in [3.05, 3.63) is 70.9 Å². The summed E-state index contributed by atoms with van der Waals surface area (Å²) in [6.07, 6.45) is 2.04. The summed E-state index contributed by atoms with van der Waals surface area (Å²) in [4.78, 5) is 15.4. The van der Waals surface area contributed by atoms with Crippen LogP contribution >= 0.6 is 11.6 Å². The summed E-state index contributed by atoms with van der Waals surface area (Å²) >= 11 is 6.50. The van der Waals surface area contributed by atoms with E-state index in [1.807, 2.05) is 56.4 Å². The molecule has 1 heterocycles. The lowest BCUT2D eigenvalue weighted by Gasteiger charge is -2.22. The molecular weight excluding hydrogens is 346 g/mol. The van der Waals surface area contributed by atoms with Gasteiger partial charge in [0.1, 0.15) is 0 Å². The molecular formula is C21H24ClN3O. The minimum Gasteiger partial charge on any atom is -0.361 e. The van der Waals surface area contributed by atoms with Gasteiger partial charge in [0, 0.05) is 41.1 Å². The fourth-order valence-corrected chi connectivity index (χ4v) is 3.51. The predicted octanol–water partition coefficient (Wildman–Crippen LogP) is 4.07. The first-order valence-corrected chi connectivity index (χ1v) is 9.31. The van der Waals surface area contributed by atoms with Crippen LogP contribution in [0.25, 0.3) is 10.9 Å². The lowest BCUT2D eigenvalue weighted by molar-refractivity contribution is -0.122. The number of hydrogen-bond donors (Lipinski definition) is 3. The zero-order valence-electron chi connectivity index (χ0n) is 15.1. The molecule has 136 valence electrons. The number of para-hydroxylation sites is 1. The highest BCUT2D eigenvalue weighted by molar-refractivity contribution is 6.31. The minimum atomic E-state index is -0.273. The number of rotatable bonds is 7. The number of benzene rings is 2. The molecule has 0 unspecified atom stereocenters. The molecule has 5 heteroatoms. The molecule has 0 radical (unpaired) electrons. The Morgan fingerprint density at radius 1 is 1.12 bits per heavy atom. The van der Waals surface area contributed by atoms with Gasteiger partial charge in [-0.25, -0.2) is 0 Å². The first kappa shape index (κ1) is 18.5. The number of amides is 1.